The van der Waals surface area contributed by atoms with Gasteiger partial charge in [-0.3, -0.25) is 24.0 Å². The van der Waals surface area contributed by atoms with Gasteiger partial charge in [-0.05, 0) is 160 Å². The summed E-state index contributed by atoms with van der Waals surface area (Å²) in [5.74, 6) is -0.0864. The molecule has 3 amide bonds. The summed E-state index contributed by atoms with van der Waals surface area (Å²) in [6, 6.07) is 16.2. The Kier molecular flexibility index (Phi) is 12.6. The van der Waals surface area contributed by atoms with Gasteiger partial charge in [-0.15, -0.1) is 10.2 Å². The van der Waals surface area contributed by atoms with E-state index in [-0.39, 0.29) is 59.7 Å². The van der Waals surface area contributed by atoms with Crippen LogP contribution in [0.3, 0.4) is 0 Å². The largest absolute Gasteiger partial charge is 0.442 e. The average Bonchev–Trinajstić information content (AvgIpc) is 4.09. The van der Waals surface area contributed by atoms with Crippen molar-refractivity contribution in [3.63, 3.8) is 0 Å². The number of nitrogens with zero attached hydrogens (tertiary/aromatic N) is 9. The van der Waals surface area contributed by atoms with Gasteiger partial charge in [-0.1, -0.05) is 30.3 Å². The molecule has 10 rings (SSSR count). The molecule has 0 aliphatic heterocycles. The van der Waals surface area contributed by atoms with E-state index in [2.05, 4.69) is 57.0 Å². The first-order valence-electron chi connectivity index (χ1n) is 23.3. The molecule has 1 atom stereocenters. The number of rotatable bonds is 15. The van der Waals surface area contributed by atoms with E-state index >= 15 is 0 Å². The molecular weight excluding hydrogens is 883 g/mol. The highest BCUT2D eigenvalue weighted by atomic mass is 16.6. The Labute approximate surface area is 398 Å². The first-order valence-corrected chi connectivity index (χ1v) is 23.3. The fourth-order valence-corrected chi connectivity index (χ4v) is 10.4. The van der Waals surface area contributed by atoms with Gasteiger partial charge in [0.25, 0.3) is 11.8 Å². The second-order valence-corrected chi connectivity index (χ2v) is 21.0. The normalized spacial score (nSPS) is 20.1. The number of benzene rings is 3. The maximum atomic E-state index is 14.7. The Hall–Kier alpha value is -7.38. The Morgan fingerprint density at radius 3 is 1.84 bits per heavy atom. The Morgan fingerprint density at radius 1 is 0.739 bits per heavy atom. The number of tetrazole rings is 2. The van der Waals surface area contributed by atoms with Crippen LogP contribution >= 0.6 is 0 Å². The molecule has 4 aliphatic carbocycles. The predicted molar refractivity (Wildman–Crippen MR) is 250 cm³/mol. The molecule has 20 nitrogen and oxygen atoms in total. The number of hydrogen-bond donors (Lipinski definition) is 4. The van der Waals surface area contributed by atoms with E-state index in [0.29, 0.717) is 46.5 Å². The number of carbonyl (C=O) groups is 5. The molecule has 0 spiro atoms. The topological polar surface area (TPSA) is 256 Å². The Morgan fingerprint density at radius 2 is 1.29 bits per heavy atom. The summed E-state index contributed by atoms with van der Waals surface area (Å²) in [6.07, 6.45) is 8.77. The third-order valence-corrected chi connectivity index (χ3v) is 13.4. The molecule has 0 unspecified atom stereocenters. The van der Waals surface area contributed by atoms with Gasteiger partial charge in [0.2, 0.25) is 5.91 Å². The summed E-state index contributed by atoms with van der Waals surface area (Å²) >= 11 is 0. The lowest BCUT2D eigenvalue weighted by atomic mass is 9.49. The summed E-state index contributed by atoms with van der Waals surface area (Å²) in [4.78, 5) is 76.5. The average molecular weight is 940 g/mol. The highest BCUT2D eigenvalue weighted by Gasteiger charge is 2.51. The van der Waals surface area contributed by atoms with Gasteiger partial charge in [0, 0.05) is 29.8 Å². The van der Waals surface area contributed by atoms with E-state index in [1.165, 1.54) is 35.0 Å². The van der Waals surface area contributed by atoms with Gasteiger partial charge >= 0.3 is 11.9 Å². The molecule has 3 aromatic heterocycles. The van der Waals surface area contributed by atoms with Crippen molar-refractivity contribution in [2.24, 2.45) is 34.0 Å². The number of nitrogens with one attached hydrogen (secondary N) is 4. The lowest BCUT2D eigenvalue weighted by Crippen LogP contribution is -2.51. The lowest BCUT2D eigenvalue weighted by Gasteiger charge is -2.56. The van der Waals surface area contributed by atoms with Crippen LogP contribution in [0.1, 0.15) is 106 Å². The highest BCUT2D eigenvalue weighted by molar-refractivity contribution is 6.11. The minimum atomic E-state index is -1.17. The van der Waals surface area contributed by atoms with Crippen LogP contribution < -0.4 is 16.0 Å². The molecule has 0 saturated heterocycles. The van der Waals surface area contributed by atoms with E-state index in [9.17, 15) is 24.0 Å². The molecule has 4 fully saturated rings. The molecule has 4 aliphatic rings. The Bertz CT molecular complexity index is 2790. The fraction of sp³-hybridized carbons (Fsp3) is 0.469. The van der Waals surface area contributed by atoms with Crippen LogP contribution in [-0.4, -0.2) is 92.6 Å². The van der Waals surface area contributed by atoms with Crippen molar-refractivity contribution in [2.45, 2.75) is 106 Å². The van der Waals surface area contributed by atoms with Crippen LogP contribution in [0.4, 0.5) is 5.69 Å². The van der Waals surface area contributed by atoms with Gasteiger partial charge in [-0.2, -0.15) is 9.36 Å². The van der Waals surface area contributed by atoms with Crippen molar-refractivity contribution in [1.29, 1.82) is 0 Å². The number of H-pyrrole nitrogens is 1. The zero-order chi connectivity index (χ0) is 48.7. The number of fused-ring (bicyclic) bond motifs is 1. The van der Waals surface area contributed by atoms with Crippen molar-refractivity contribution in [3.8, 4) is 22.8 Å². The van der Waals surface area contributed by atoms with Gasteiger partial charge in [0.1, 0.15) is 6.04 Å². The molecule has 6 aromatic rings. The van der Waals surface area contributed by atoms with Crippen LogP contribution in [0.2, 0.25) is 0 Å². The summed E-state index contributed by atoms with van der Waals surface area (Å²) in [7, 11) is 0. The molecule has 3 aromatic carbocycles. The maximum absolute atomic E-state index is 14.7. The number of anilines is 1. The first kappa shape index (κ1) is 46.7. The summed E-state index contributed by atoms with van der Waals surface area (Å²) < 4.78 is 13.6. The summed E-state index contributed by atoms with van der Waals surface area (Å²) in [5, 5.41) is 33.3. The van der Waals surface area contributed by atoms with Gasteiger partial charge < -0.3 is 30.4 Å². The van der Waals surface area contributed by atoms with Gasteiger partial charge in [-0.25, -0.2) is 4.98 Å². The van der Waals surface area contributed by atoms with Crippen LogP contribution in [0, 0.1) is 34.0 Å². The van der Waals surface area contributed by atoms with Crippen molar-refractivity contribution in [3.05, 3.63) is 83.7 Å². The SMILES string of the molecule is CC(C)(C)C(=O)OCn1nnnc1-c1cc(NC(=O)[C@H](Cc2ccccc2)NC(=O)c2cc3nc[nH]c3cc2C(=O)NCC23CC4CC(CC(C4)C2)C3)cc(-c2nnnn2COC(=O)C(C)(C)C)c1. The molecule has 3 heterocycles. The minimum Gasteiger partial charge on any atom is -0.442 e. The molecule has 69 heavy (non-hydrogen) atoms. The van der Waals surface area contributed by atoms with Gasteiger partial charge in [0.05, 0.1) is 39.3 Å². The smallest absolute Gasteiger partial charge is 0.313 e. The monoisotopic (exact) mass is 939 g/mol. The zero-order valence-corrected chi connectivity index (χ0v) is 39.6. The number of carbonyl (C=O) groups excluding carboxylic acids is 5. The second-order valence-electron chi connectivity index (χ2n) is 21.0. The number of ether oxygens (including phenoxy) is 2. The lowest BCUT2D eigenvalue weighted by molar-refractivity contribution is -0.158. The predicted octanol–water partition coefficient (Wildman–Crippen LogP) is 5.89. The minimum absolute atomic E-state index is 0.0669. The zero-order valence-electron chi connectivity index (χ0n) is 39.6. The summed E-state index contributed by atoms with van der Waals surface area (Å²) in [6.45, 7) is 10.3. The van der Waals surface area contributed by atoms with Crippen molar-refractivity contribution >= 4 is 46.4 Å². The van der Waals surface area contributed by atoms with Crippen LogP contribution in [0.5, 0.6) is 0 Å². The number of aromatic amines is 1. The van der Waals surface area contributed by atoms with E-state index < -0.39 is 40.6 Å². The van der Waals surface area contributed by atoms with Crippen LogP contribution in [-0.2, 0) is 43.7 Å². The molecule has 20 heteroatoms. The maximum Gasteiger partial charge on any atom is 0.313 e. The first-order chi connectivity index (χ1) is 32.9. The molecular formula is C49H57N13O7. The third kappa shape index (κ3) is 10.4. The molecule has 4 saturated carbocycles. The van der Waals surface area contributed by atoms with E-state index in [1.54, 1.807) is 71.9 Å². The van der Waals surface area contributed by atoms with Crippen molar-refractivity contribution in [1.82, 2.24) is 61.0 Å². The second kappa shape index (κ2) is 18.6. The quantitative estimate of drug-likeness (QED) is 0.0877. The number of amides is 3. The van der Waals surface area contributed by atoms with Gasteiger partial charge in [0.15, 0.2) is 25.1 Å². The molecule has 4 N–H and O–H groups in total. The summed E-state index contributed by atoms with van der Waals surface area (Å²) in [5.41, 5.74) is 1.51. The van der Waals surface area contributed by atoms with Crippen LogP contribution in [0.15, 0.2) is 67.0 Å². The number of esters is 2. The van der Waals surface area contributed by atoms with E-state index in [4.69, 9.17) is 9.47 Å². The molecule has 360 valence electrons. The molecule has 4 bridgehead atoms. The van der Waals surface area contributed by atoms with Crippen LogP contribution in [0.25, 0.3) is 33.8 Å². The number of aromatic nitrogens is 10. The van der Waals surface area contributed by atoms with Crippen molar-refractivity contribution in [2.75, 3.05) is 11.9 Å². The van der Waals surface area contributed by atoms with E-state index in [1.807, 2.05) is 30.3 Å². The highest BCUT2D eigenvalue weighted by Crippen LogP contribution is 2.59. The standard InChI is InChI=1S/C49H57N13O7/c1-47(2,3)45(66)68-26-61-40(55-57-59-61)32-16-33(41-56-58-60-62(41)27-69-46(67)48(4,5)6)18-34(17-32)53-44(65)39(15-28-10-8-7-9-11-28)54-43(64)36-20-38-37(51-25-52-38)19-35(36)42(63)50-24-49-21-29-12-30(22-49)14-31(13-29)23-49/h7-11,16-20,25,29-31,39H,12-15,21-24,26-27H2,1-6H3,(H,50,63)(H,51,52)(H,53,65)(H,54,64)/t29?,30?,31?,39-,49?/m0/s1. The number of imidazole rings is 1. The third-order valence-electron chi connectivity index (χ3n) is 13.4. The Balaban J connectivity index is 1.02. The number of hydrogen-bond acceptors (Lipinski definition) is 14. The van der Waals surface area contributed by atoms with E-state index in [0.717, 1.165) is 24.8 Å². The fourth-order valence-electron chi connectivity index (χ4n) is 10.4. The van der Waals surface area contributed by atoms with Crippen molar-refractivity contribution < 1.29 is 33.4 Å². The molecule has 0 radical (unpaired) electrons.